The summed E-state index contributed by atoms with van der Waals surface area (Å²) in [5.74, 6) is 0.146. The number of phenols is 1. The zero-order valence-electron chi connectivity index (χ0n) is 5.94. The van der Waals surface area contributed by atoms with Crippen LogP contribution in [-0.2, 0) is 0 Å². The van der Waals surface area contributed by atoms with E-state index in [0.29, 0.717) is 5.69 Å². The Kier molecular flexibility index (Phi) is 4.97. The van der Waals surface area contributed by atoms with E-state index in [0.717, 1.165) is 0 Å². The zero-order chi connectivity index (χ0) is 8.69. The van der Waals surface area contributed by atoms with Gasteiger partial charge in [-0.1, -0.05) is 12.1 Å². The quantitative estimate of drug-likeness (QED) is 0.224. The Morgan fingerprint density at radius 2 is 1.64 bits per heavy atom. The van der Waals surface area contributed by atoms with Gasteiger partial charge in [0.05, 0.1) is 5.69 Å². The minimum absolute atomic E-state index is 0.146. The van der Waals surface area contributed by atoms with Crippen LogP contribution in [0.25, 0.3) is 0 Å². The summed E-state index contributed by atoms with van der Waals surface area (Å²) in [6, 6.07) is 6.70. The Bertz CT molecular complexity index is 186. The van der Waals surface area contributed by atoms with Gasteiger partial charge in [0, 0.05) is 0 Å². The van der Waals surface area contributed by atoms with Gasteiger partial charge in [-0.3, -0.25) is 0 Å². The smallest absolute Gasteiger partial charge is 0.432 e. The summed E-state index contributed by atoms with van der Waals surface area (Å²) in [6.07, 6.45) is 0. The standard InChI is InChI=1S/C6H7NO.BH3O2/c7-5-3-1-2-4-6(5)8;2-1-3/h1-4,8H,7H2;1-3H. The monoisotopic (exact) mass is 155 g/mol. The fraction of sp³-hybridized carbons (Fsp3) is 0. The van der Waals surface area contributed by atoms with Crippen molar-refractivity contribution in [2.24, 2.45) is 0 Å². The number of nitrogens with two attached hydrogens (primary N) is 1. The first-order valence-electron chi connectivity index (χ1n) is 2.97. The van der Waals surface area contributed by atoms with Crippen LogP contribution in [0.4, 0.5) is 5.69 Å². The molecule has 0 radical (unpaired) electrons. The molecule has 0 saturated carbocycles. The predicted molar refractivity (Wildman–Crippen MR) is 44.1 cm³/mol. The molecule has 0 bridgehead atoms. The van der Waals surface area contributed by atoms with E-state index in [1.165, 1.54) is 0 Å². The van der Waals surface area contributed by atoms with Gasteiger partial charge in [-0.2, -0.15) is 0 Å². The predicted octanol–water partition coefficient (Wildman–Crippen LogP) is -0.788. The first-order chi connectivity index (χ1) is 5.22. The summed E-state index contributed by atoms with van der Waals surface area (Å²) in [4.78, 5) is 0. The largest absolute Gasteiger partial charge is 0.506 e. The molecule has 0 aliphatic carbocycles. The van der Waals surface area contributed by atoms with E-state index in [9.17, 15) is 0 Å². The van der Waals surface area contributed by atoms with Crippen molar-refractivity contribution in [2.75, 3.05) is 5.73 Å². The first kappa shape index (κ1) is 9.80. The highest BCUT2D eigenvalue weighted by Crippen LogP contribution is 2.16. The molecule has 0 atom stereocenters. The molecule has 4 nitrogen and oxygen atoms in total. The highest BCUT2D eigenvalue weighted by molar-refractivity contribution is 6.13. The molecular formula is C6H10BNO3. The Balaban J connectivity index is 0.000000292. The molecule has 0 aliphatic heterocycles. The van der Waals surface area contributed by atoms with Crippen LogP contribution in [0.5, 0.6) is 5.75 Å². The topological polar surface area (TPSA) is 86.7 Å². The van der Waals surface area contributed by atoms with Gasteiger partial charge < -0.3 is 20.9 Å². The summed E-state index contributed by atoms with van der Waals surface area (Å²) in [6.45, 7) is 0. The SMILES string of the molecule is Nc1ccccc1O.OBO. The van der Waals surface area contributed by atoms with Crippen molar-refractivity contribution in [2.45, 2.75) is 0 Å². The minimum atomic E-state index is -0.750. The number of nitrogen functional groups attached to an aromatic ring is 1. The van der Waals surface area contributed by atoms with Crippen LogP contribution in [0, 0.1) is 0 Å². The molecule has 0 saturated heterocycles. The van der Waals surface area contributed by atoms with Gasteiger partial charge in [-0.25, -0.2) is 0 Å². The van der Waals surface area contributed by atoms with E-state index in [1.54, 1.807) is 24.3 Å². The maximum Gasteiger partial charge on any atom is 0.432 e. The lowest BCUT2D eigenvalue weighted by Gasteiger charge is -1.92. The van der Waals surface area contributed by atoms with Gasteiger partial charge in [-0.05, 0) is 12.1 Å². The molecule has 0 fully saturated rings. The van der Waals surface area contributed by atoms with Gasteiger partial charge in [0.25, 0.3) is 0 Å². The minimum Gasteiger partial charge on any atom is -0.506 e. The van der Waals surface area contributed by atoms with Crippen molar-refractivity contribution in [1.29, 1.82) is 0 Å². The molecular weight excluding hydrogens is 145 g/mol. The summed E-state index contributed by atoms with van der Waals surface area (Å²) in [7, 11) is -0.750. The number of para-hydroxylation sites is 2. The maximum absolute atomic E-state index is 8.79. The molecule has 5 N–H and O–H groups in total. The van der Waals surface area contributed by atoms with Crippen molar-refractivity contribution in [3.05, 3.63) is 24.3 Å². The van der Waals surface area contributed by atoms with Crippen LogP contribution in [0.3, 0.4) is 0 Å². The number of aromatic hydroxyl groups is 1. The molecule has 1 aromatic carbocycles. The Morgan fingerprint density at radius 3 is 1.91 bits per heavy atom. The highest BCUT2D eigenvalue weighted by atomic mass is 16.4. The van der Waals surface area contributed by atoms with Gasteiger partial charge in [-0.15, -0.1) is 0 Å². The molecule has 5 heteroatoms. The molecule has 0 unspecified atom stereocenters. The van der Waals surface area contributed by atoms with Gasteiger partial charge in [0.2, 0.25) is 0 Å². The van der Waals surface area contributed by atoms with Crippen molar-refractivity contribution >= 4 is 13.4 Å². The van der Waals surface area contributed by atoms with Crippen molar-refractivity contribution in [3.63, 3.8) is 0 Å². The van der Waals surface area contributed by atoms with Gasteiger partial charge >= 0.3 is 7.69 Å². The molecule has 0 aliphatic rings. The number of anilines is 1. The number of phenolic OH excluding ortho intramolecular Hbond substituents is 1. The highest BCUT2D eigenvalue weighted by Gasteiger charge is 1.87. The lowest BCUT2D eigenvalue weighted by molar-refractivity contribution is 0.448. The van der Waals surface area contributed by atoms with Crippen molar-refractivity contribution in [1.82, 2.24) is 0 Å². The van der Waals surface area contributed by atoms with Crippen LogP contribution in [0.15, 0.2) is 24.3 Å². The maximum atomic E-state index is 8.79. The fourth-order valence-corrected chi connectivity index (χ4v) is 0.488. The second kappa shape index (κ2) is 5.58. The van der Waals surface area contributed by atoms with E-state index in [4.69, 9.17) is 20.9 Å². The number of rotatable bonds is 0. The molecule has 11 heavy (non-hydrogen) atoms. The molecule has 0 spiro atoms. The van der Waals surface area contributed by atoms with Crippen LogP contribution < -0.4 is 5.73 Å². The second-order valence-electron chi connectivity index (χ2n) is 1.70. The lowest BCUT2D eigenvalue weighted by Crippen LogP contribution is -1.82. The van der Waals surface area contributed by atoms with E-state index < -0.39 is 7.69 Å². The molecule has 1 aromatic rings. The molecule has 1 rings (SSSR count). The summed E-state index contributed by atoms with van der Waals surface area (Å²) >= 11 is 0. The number of hydrogen-bond donors (Lipinski definition) is 4. The molecule has 0 amide bonds. The van der Waals surface area contributed by atoms with Gasteiger partial charge in [0.1, 0.15) is 5.75 Å². The van der Waals surface area contributed by atoms with E-state index in [2.05, 4.69) is 0 Å². The fourth-order valence-electron chi connectivity index (χ4n) is 0.488. The number of hydrogen-bond acceptors (Lipinski definition) is 4. The van der Waals surface area contributed by atoms with Crippen LogP contribution in [0.2, 0.25) is 0 Å². The molecule has 60 valence electrons. The summed E-state index contributed by atoms with van der Waals surface area (Å²) in [5, 5.41) is 23.0. The van der Waals surface area contributed by atoms with Crippen molar-refractivity contribution in [3.8, 4) is 5.75 Å². The first-order valence-corrected chi connectivity index (χ1v) is 2.97. The van der Waals surface area contributed by atoms with Gasteiger partial charge in [0.15, 0.2) is 0 Å². The molecule has 0 heterocycles. The van der Waals surface area contributed by atoms with Crippen LogP contribution in [-0.4, -0.2) is 22.8 Å². The third-order valence-electron chi connectivity index (χ3n) is 0.937. The Hall–Kier alpha value is -1.20. The third-order valence-corrected chi connectivity index (χ3v) is 0.937. The van der Waals surface area contributed by atoms with Crippen LogP contribution >= 0.6 is 0 Å². The number of benzene rings is 1. The lowest BCUT2D eigenvalue weighted by atomic mass is 10.3. The van der Waals surface area contributed by atoms with E-state index in [-0.39, 0.29) is 5.75 Å². The van der Waals surface area contributed by atoms with E-state index in [1.807, 2.05) is 0 Å². The Morgan fingerprint density at radius 1 is 1.18 bits per heavy atom. The molecule has 0 aromatic heterocycles. The summed E-state index contributed by atoms with van der Waals surface area (Å²) in [5.41, 5.74) is 5.69. The summed E-state index contributed by atoms with van der Waals surface area (Å²) < 4.78 is 0. The average Bonchev–Trinajstić information content (AvgIpc) is 1.97. The normalized spacial score (nSPS) is 7.82. The Labute approximate surface area is 65.2 Å². The van der Waals surface area contributed by atoms with Crippen molar-refractivity contribution < 1.29 is 15.2 Å². The zero-order valence-corrected chi connectivity index (χ0v) is 5.94. The average molecular weight is 155 g/mol. The van der Waals surface area contributed by atoms with E-state index >= 15 is 0 Å². The second-order valence-corrected chi connectivity index (χ2v) is 1.70. The third kappa shape index (κ3) is 4.24. The van der Waals surface area contributed by atoms with Crippen LogP contribution in [0.1, 0.15) is 0 Å².